The molecule has 140 valence electrons. The summed E-state index contributed by atoms with van der Waals surface area (Å²) >= 11 is 0. The summed E-state index contributed by atoms with van der Waals surface area (Å²) < 4.78 is 25.8. The zero-order chi connectivity index (χ0) is 18.7. The second-order valence-corrected chi connectivity index (χ2v) is 8.68. The summed E-state index contributed by atoms with van der Waals surface area (Å²) in [5.41, 5.74) is 6.99. The Morgan fingerprint density at radius 1 is 1.38 bits per heavy atom. The topological polar surface area (TPSA) is 111 Å². The van der Waals surface area contributed by atoms with Crippen molar-refractivity contribution in [2.24, 2.45) is 5.73 Å². The van der Waals surface area contributed by atoms with Crippen LogP contribution in [-0.2, 0) is 27.6 Å². The molecule has 0 bridgehead atoms. The van der Waals surface area contributed by atoms with Crippen LogP contribution >= 0.6 is 0 Å². The zero-order valence-corrected chi connectivity index (χ0v) is 15.5. The van der Waals surface area contributed by atoms with Crippen LogP contribution in [0.15, 0.2) is 35.4 Å². The van der Waals surface area contributed by atoms with Gasteiger partial charge in [0.2, 0.25) is 5.91 Å². The summed E-state index contributed by atoms with van der Waals surface area (Å²) in [6, 6.07) is 6.72. The van der Waals surface area contributed by atoms with Gasteiger partial charge in [-0.2, -0.15) is 0 Å². The monoisotopic (exact) mass is 377 g/mol. The molecule has 1 aromatic carbocycles. The first-order chi connectivity index (χ1) is 12.4. The Hall–Kier alpha value is -2.26. The van der Waals surface area contributed by atoms with Crippen LogP contribution in [0.2, 0.25) is 0 Å². The van der Waals surface area contributed by atoms with E-state index in [1.54, 1.807) is 40.8 Å². The third-order valence-electron chi connectivity index (χ3n) is 4.65. The highest BCUT2D eigenvalue weighted by atomic mass is 32.2. The van der Waals surface area contributed by atoms with Crippen molar-refractivity contribution in [3.05, 3.63) is 41.7 Å². The number of sulfone groups is 1. The molecule has 1 aliphatic heterocycles. The summed E-state index contributed by atoms with van der Waals surface area (Å²) in [5, 5.41) is 8.06. The molecule has 0 saturated carbocycles. The number of hydrogen-bond donors (Lipinski definition) is 1. The molecule has 2 heterocycles. The average molecular weight is 377 g/mol. The van der Waals surface area contributed by atoms with Crippen molar-refractivity contribution in [3.63, 3.8) is 0 Å². The number of carbonyl (C=O) groups is 1. The first-order valence-electron chi connectivity index (χ1n) is 8.63. The van der Waals surface area contributed by atoms with Gasteiger partial charge in [0.25, 0.3) is 0 Å². The number of carbonyl (C=O) groups excluding carboxylic acids is 1. The summed E-state index contributed by atoms with van der Waals surface area (Å²) in [7, 11) is -3.27. The highest BCUT2D eigenvalue weighted by Gasteiger charge is 2.28. The Balaban J connectivity index is 1.65. The first-order valence-corrected chi connectivity index (χ1v) is 10.3. The van der Waals surface area contributed by atoms with Gasteiger partial charge >= 0.3 is 0 Å². The van der Waals surface area contributed by atoms with Crippen molar-refractivity contribution in [3.8, 4) is 0 Å². The van der Waals surface area contributed by atoms with Gasteiger partial charge in [-0.05, 0) is 24.1 Å². The standard InChI is InChI=1S/C17H23N5O3S/c1-2-26(24,25)16-5-3-4-13(8-16)9-17(23)21-7-6-15(12-21)22-11-14(10-18)19-20-22/h3-5,8,11,15H,2,6-7,9-10,12,18H2,1H3. The third kappa shape index (κ3) is 3.94. The molecule has 1 aliphatic rings. The minimum absolute atomic E-state index is 0.0160. The molecule has 9 heteroatoms. The maximum Gasteiger partial charge on any atom is 0.227 e. The quantitative estimate of drug-likeness (QED) is 0.787. The first kappa shape index (κ1) is 18.5. The molecule has 1 saturated heterocycles. The largest absolute Gasteiger partial charge is 0.340 e. The van der Waals surface area contributed by atoms with Crippen molar-refractivity contribution < 1.29 is 13.2 Å². The zero-order valence-electron chi connectivity index (χ0n) is 14.7. The van der Waals surface area contributed by atoms with Gasteiger partial charge in [-0.25, -0.2) is 13.1 Å². The van der Waals surface area contributed by atoms with Crippen LogP contribution in [0.1, 0.15) is 30.6 Å². The highest BCUT2D eigenvalue weighted by Crippen LogP contribution is 2.22. The van der Waals surface area contributed by atoms with Crippen molar-refractivity contribution in [1.82, 2.24) is 19.9 Å². The van der Waals surface area contributed by atoms with Gasteiger partial charge in [-0.1, -0.05) is 24.3 Å². The lowest BCUT2D eigenvalue weighted by atomic mass is 10.1. The number of nitrogens with zero attached hydrogens (tertiary/aromatic N) is 4. The van der Waals surface area contributed by atoms with Gasteiger partial charge in [0, 0.05) is 19.6 Å². The Kier molecular flexibility index (Phi) is 5.38. The normalized spacial score (nSPS) is 17.6. The van der Waals surface area contributed by atoms with Crippen molar-refractivity contribution >= 4 is 15.7 Å². The number of hydrogen-bond acceptors (Lipinski definition) is 6. The smallest absolute Gasteiger partial charge is 0.227 e. The molecule has 8 nitrogen and oxygen atoms in total. The fourth-order valence-corrected chi connectivity index (χ4v) is 4.02. The SMILES string of the molecule is CCS(=O)(=O)c1cccc(CC(=O)N2CCC(n3cc(CN)nn3)C2)c1. The van der Waals surface area contributed by atoms with E-state index in [1.165, 1.54) is 0 Å². The number of amides is 1. The van der Waals surface area contributed by atoms with E-state index in [9.17, 15) is 13.2 Å². The van der Waals surface area contributed by atoms with Crippen LogP contribution in [0.25, 0.3) is 0 Å². The lowest BCUT2D eigenvalue weighted by Gasteiger charge is -2.17. The van der Waals surface area contributed by atoms with Gasteiger partial charge < -0.3 is 10.6 Å². The molecule has 1 atom stereocenters. The maximum atomic E-state index is 12.6. The molecule has 26 heavy (non-hydrogen) atoms. The molecule has 1 fully saturated rings. The number of likely N-dealkylation sites (tertiary alicyclic amines) is 1. The minimum atomic E-state index is -3.27. The van der Waals surface area contributed by atoms with Crippen molar-refractivity contribution in [1.29, 1.82) is 0 Å². The average Bonchev–Trinajstić information content (AvgIpc) is 3.31. The fourth-order valence-electron chi connectivity index (χ4n) is 3.07. The molecule has 0 spiro atoms. The van der Waals surface area contributed by atoms with Crippen molar-refractivity contribution in [2.75, 3.05) is 18.8 Å². The van der Waals surface area contributed by atoms with E-state index in [1.807, 2.05) is 6.20 Å². The van der Waals surface area contributed by atoms with Crippen LogP contribution in [0, 0.1) is 0 Å². The van der Waals surface area contributed by atoms with Crippen LogP contribution in [0.4, 0.5) is 0 Å². The molecule has 2 N–H and O–H groups in total. The molecule has 1 aromatic heterocycles. The molecular formula is C17H23N5O3S. The molecule has 1 unspecified atom stereocenters. The summed E-state index contributed by atoms with van der Waals surface area (Å²) in [5.74, 6) is 0.0265. The molecule has 1 amide bonds. The van der Waals surface area contributed by atoms with E-state index in [2.05, 4.69) is 10.3 Å². The van der Waals surface area contributed by atoms with E-state index in [-0.39, 0.29) is 29.0 Å². The van der Waals surface area contributed by atoms with Crippen molar-refractivity contribution in [2.45, 2.75) is 37.2 Å². The van der Waals surface area contributed by atoms with Gasteiger partial charge in [0.1, 0.15) is 0 Å². The van der Waals surface area contributed by atoms with Crippen LogP contribution < -0.4 is 5.73 Å². The van der Waals surface area contributed by atoms with E-state index < -0.39 is 9.84 Å². The summed E-state index contributed by atoms with van der Waals surface area (Å²) in [6.45, 7) is 3.16. The lowest BCUT2D eigenvalue weighted by Crippen LogP contribution is -2.30. The highest BCUT2D eigenvalue weighted by molar-refractivity contribution is 7.91. The molecule has 0 aliphatic carbocycles. The molecule has 0 radical (unpaired) electrons. The second-order valence-electron chi connectivity index (χ2n) is 6.40. The van der Waals surface area contributed by atoms with E-state index in [0.717, 1.165) is 12.1 Å². The van der Waals surface area contributed by atoms with E-state index in [0.29, 0.717) is 25.2 Å². The van der Waals surface area contributed by atoms with E-state index >= 15 is 0 Å². The van der Waals surface area contributed by atoms with Gasteiger partial charge in [-0.3, -0.25) is 4.79 Å². The van der Waals surface area contributed by atoms with E-state index in [4.69, 9.17) is 5.73 Å². The second kappa shape index (κ2) is 7.55. The lowest BCUT2D eigenvalue weighted by molar-refractivity contribution is -0.129. The predicted octanol–water partition coefficient (Wildman–Crippen LogP) is 0.547. The predicted molar refractivity (Wildman–Crippen MR) is 96.0 cm³/mol. The fraction of sp³-hybridized carbons (Fsp3) is 0.471. The minimum Gasteiger partial charge on any atom is -0.340 e. The third-order valence-corrected chi connectivity index (χ3v) is 6.38. The Morgan fingerprint density at radius 2 is 2.19 bits per heavy atom. The summed E-state index contributed by atoms with van der Waals surface area (Å²) in [6.07, 6.45) is 2.81. The number of benzene rings is 1. The Morgan fingerprint density at radius 3 is 2.88 bits per heavy atom. The number of nitrogens with two attached hydrogens (primary N) is 1. The van der Waals surface area contributed by atoms with Crippen LogP contribution in [0.3, 0.4) is 0 Å². The maximum absolute atomic E-state index is 12.6. The molecule has 2 aromatic rings. The Bertz CT molecular complexity index is 893. The van der Waals surface area contributed by atoms with Gasteiger partial charge in [-0.15, -0.1) is 5.10 Å². The summed E-state index contributed by atoms with van der Waals surface area (Å²) in [4.78, 5) is 14.6. The molecule has 3 rings (SSSR count). The van der Waals surface area contributed by atoms with Gasteiger partial charge in [0.15, 0.2) is 9.84 Å². The van der Waals surface area contributed by atoms with Crippen LogP contribution in [0.5, 0.6) is 0 Å². The Labute approximate surface area is 152 Å². The number of aromatic nitrogens is 3. The number of rotatable bonds is 6. The van der Waals surface area contributed by atoms with Crippen LogP contribution in [-0.4, -0.2) is 53.1 Å². The molecular weight excluding hydrogens is 354 g/mol. The van der Waals surface area contributed by atoms with Gasteiger partial charge in [0.05, 0.1) is 35.0 Å².